The first-order valence-electron chi connectivity index (χ1n) is 8.13. The van der Waals surface area contributed by atoms with Gasteiger partial charge in [-0.1, -0.05) is 17.3 Å². The van der Waals surface area contributed by atoms with Crippen LogP contribution < -0.4 is 14.2 Å². The van der Waals surface area contributed by atoms with Crippen LogP contribution in [-0.4, -0.2) is 42.2 Å². The molecule has 3 aromatic rings. The van der Waals surface area contributed by atoms with Gasteiger partial charge in [0.05, 0.1) is 38.4 Å². The van der Waals surface area contributed by atoms with Crippen LogP contribution in [0.3, 0.4) is 0 Å². The zero-order valence-electron chi connectivity index (χ0n) is 15.2. The molecule has 0 atom stereocenters. The first-order chi connectivity index (χ1) is 13.2. The highest BCUT2D eigenvalue weighted by Crippen LogP contribution is 2.38. The van der Waals surface area contributed by atoms with Crippen molar-refractivity contribution in [3.63, 3.8) is 0 Å². The molecule has 2 aromatic heterocycles. The summed E-state index contributed by atoms with van der Waals surface area (Å²) in [6, 6.07) is 14.4. The molecule has 1 aromatic carbocycles. The van der Waals surface area contributed by atoms with Crippen LogP contribution in [-0.2, 0) is 0 Å². The fourth-order valence-electron chi connectivity index (χ4n) is 2.70. The SMILES string of the molecule is COc1cc(C(=NO)c2cccc(-c3ccccn3)n2)cc(OC)c1OC. The molecule has 7 nitrogen and oxygen atoms in total. The number of hydrogen-bond donors (Lipinski definition) is 1. The highest BCUT2D eigenvalue weighted by atomic mass is 16.5. The molecule has 0 saturated heterocycles. The molecule has 1 N–H and O–H groups in total. The number of aromatic nitrogens is 2. The van der Waals surface area contributed by atoms with E-state index in [0.717, 1.165) is 5.69 Å². The van der Waals surface area contributed by atoms with Gasteiger partial charge in [-0.2, -0.15) is 0 Å². The molecular formula is C20H19N3O4. The molecule has 0 aliphatic rings. The maximum Gasteiger partial charge on any atom is 0.203 e. The van der Waals surface area contributed by atoms with Crippen LogP contribution in [0.4, 0.5) is 0 Å². The van der Waals surface area contributed by atoms with Gasteiger partial charge in [0.25, 0.3) is 0 Å². The van der Waals surface area contributed by atoms with Crippen molar-refractivity contribution in [2.24, 2.45) is 5.16 Å². The van der Waals surface area contributed by atoms with E-state index in [1.807, 2.05) is 30.3 Å². The fraction of sp³-hybridized carbons (Fsp3) is 0.150. The second-order valence-electron chi connectivity index (χ2n) is 5.49. The van der Waals surface area contributed by atoms with Crippen molar-refractivity contribution in [1.29, 1.82) is 0 Å². The summed E-state index contributed by atoms with van der Waals surface area (Å²) in [6.45, 7) is 0. The largest absolute Gasteiger partial charge is 0.493 e. The molecule has 0 saturated carbocycles. The summed E-state index contributed by atoms with van der Waals surface area (Å²) < 4.78 is 16.1. The summed E-state index contributed by atoms with van der Waals surface area (Å²) in [5.74, 6) is 1.36. The predicted molar refractivity (Wildman–Crippen MR) is 101 cm³/mol. The van der Waals surface area contributed by atoms with Gasteiger partial charge in [-0.15, -0.1) is 0 Å². The van der Waals surface area contributed by atoms with E-state index in [0.29, 0.717) is 34.2 Å². The van der Waals surface area contributed by atoms with Gasteiger partial charge in [-0.3, -0.25) is 4.98 Å². The number of oxime groups is 1. The van der Waals surface area contributed by atoms with E-state index in [1.54, 1.807) is 24.4 Å². The number of methoxy groups -OCH3 is 3. The summed E-state index contributed by atoms with van der Waals surface area (Å²) in [6.07, 6.45) is 1.70. The van der Waals surface area contributed by atoms with Crippen molar-refractivity contribution >= 4 is 5.71 Å². The van der Waals surface area contributed by atoms with Crippen molar-refractivity contribution in [2.45, 2.75) is 0 Å². The molecule has 0 bridgehead atoms. The molecule has 0 aliphatic heterocycles. The average Bonchev–Trinajstić information content (AvgIpc) is 2.74. The predicted octanol–water partition coefficient (Wildman–Crippen LogP) is 3.40. The van der Waals surface area contributed by atoms with E-state index in [4.69, 9.17) is 14.2 Å². The van der Waals surface area contributed by atoms with Crippen molar-refractivity contribution in [2.75, 3.05) is 21.3 Å². The van der Waals surface area contributed by atoms with Gasteiger partial charge in [0.15, 0.2) is 11.5 Å². The first-order valence-corrected chi connectivity index (χ1v) is 8.13. The van der Waals surface area contributed by atoms with Crippen LogP contribution in [0.5, 0.6) is 17.2 Å². The molecule has 0 amide bonds. The molecule has 0 spiro atoms. The average molecular weight is 365 g/mol. The molecular weight excluding hydrogens is 346 g/mol. The van der Waals surface area contributed by atoms with Crippen LogP contribution in [0.1, 0.15) is 11.3 Å². The Bertz CT molecular complexity index is 933. The lowest BCUT2D eigenvalue weighted by atomic mass is 10.0. The van der Waals surface area contributed by atoms with Crippen LogP contribution in [0.25, 0.3) is 11.4 Å². The summed E-state index contributed by atoms with van der Waals surface area (Å²) in [7, 11) is 4.58. The van der Waals surface area contributed by atoms with Gasteiger partial charge in [0.1, 0.15) is 5.71 Å². The van der Waals surface area contributed by atoms with Crippen molar-refractivity contribution < 1.29 is 19.4 Å². The van der Waals surface area contributed by atoms with E-state index < -0.39 is 0 Å². The van der Waals surface area contributed by atoms with Crippen molar-refractivity contribution in [1.82, 2.24) is 9.97 Å². The number of rotatable bonds is 6. The second-order valence-corrected chi connectivity index (χ2v) is 5.49. The monoisotopic (exact) mass is 365 g/mol. The number of pyridine rings is 2. The molecule has 138 valence electrons. The van der Waals surface area contributed by atoms with Gasteiger partial charge >= 0.3 is 0 Å². The number of nitrogens with zero attached hydrogens (tertiary/aromatic N) is 3. The standard InChI is InChI=1S/C20H19N3O4/c1-25-17-11-13(12-18(26-2)20(17)27-3)19(23-24)16-9-6-8-15(22-16)14-7-4-5-10-21-14/h4-12,24H,1-3H3. The van der Waals surface area contributed by atoms with Crippen LogP contribution in [0.15, 0.2) is 59.9 Å². The van der Waals surface area contributed by atoms with Gasteiger partial charge in [0, 0.05) is 11.8 Å². The Morgan fingerprint density at radius 1 is 0.889 bits per heavy atom. The maximum absolute atomic E-state index is 9.67. The molecule has 0 fully saturated rings. The first kappa shape index (κ1) is 18.2. The quantitative estimate of drug-likeness (QED) is 0.409. The smallest absolute Gasteiger partial charge is 0.203 e. The van der Waals surface area contributed by atoms with E-state index in [-0.39, 0.29) is 5.71 Å². The zero-order chi connectivity index (χ0) is 19.2. The molecule has 0 aliphatic carbocycles. The van der Waals surface area contributed by atoms with E-state index in [1.165, 1.54) is 21.3 Å². The summed E-state index contributed by atoms with van der Waals surface area (Å²) in [5, 5.41) is 13.1. The van der Waals surface area contributed by atoms with Crippen molar-refractivity contribution in [3.05, 3.63) is 66.0 Å². The Morgan fingerprint density at radius 2 is 1.59 bits per heavy atom. The Hall–Kier alpha value is -3.61. The van der Waals surface area contributed by atoms with Crippen molar-refractivity contribution in [3.8, 4) is 28.6 Å². The van der Waals surface area contributed by atoms with Gasteiger partial charge in [-0.25, -0.2) is 4.98 Å². The Balaban J connectivity index is 2.09. The van der Waals surface area contributed by atoms with Gasteiger partial charge < -0.3 is 19.4 Å². The molecule has 3 rings (SSSR count). The highest BCUT2D eigenvalue weighted by molar-refractivity contribution is 6.12. The Labute approximate surface area is 156 Å². The summed E-state index contributed by atoms with van der Waals surface area (Å²) in [5.41, 5.74) is 2.71. The number of benzene rings is 1. The molecule has 0 unspecified atom stereocenters. The van der Waals surface area contributed by atoms with E-state index >= 15 is 0 Å². The van der Waals surface area contributed by atoms with Crippen LogP contribution >= 0.6 is 0 Å². The van der Waals surface area contributed by atoms with E-state index in [9.17, 15) is 5.21 Å². The Kier molecular flexibility index (Phi) is 5.51. The normalized spacial score (nSPS) is 11.1. The zero-order valence-corrected chi connectivity index (χ0v) is 15.2. The Morgan fingerprint density at radius 3 is 2.15 bits per heavy atom. The van der Waals surface area contributed by atoms with Crippen LogP contribution in [0, 0.1) is 0 Å². The minimum Gasteiger partial charge on any atom is -0.493 e. The summed E-state index contributed by atoms with van der Waals surface area (Å²) >= 11 is 0. The lowest BCUT2D eigenvalue weighted by Gasteiger charge is -2.14. The molecule has 7 heteroatoms. The third kappa shape index (κ3) is 3.67. The van der Waals surface area contributed by atoms with E-state index in [2.05, 4.69) is 15.1 Å². The number of ether oxygens (including phenoxy) is 3. The molecule has 2 heterocycles. The topological polar surface area (TPSA) is 86.1 Å². The lowest BCUT2D eigenvalue weighted by molar-refractivity contribution is 0.318. The third-order valence-electron chi connectivity index (χ3n) is 3.96. The molecule has 27 heavy (non-hydrogen) atoms. The minimum absolute atomic E-state index is 0.270. The minimum atomic E-state index is 0.270. The fourth-order valence-corrected chi connectivity index (χ4v) is 2.70. The number of hydrogen-bond acceptors (Lipinski definition) is 7. The maximum atomic E-state index is 9.67. The third-order valence-corrected chi connectivity index (χ3v) is 3.96. The van der Waals surface area contributed by atoms with Crippen LogP contribution in [0.2, 0.25) is 0 Å². The second kappa shape index (κ2) is 8.18. The highest BCUT2D eigenvalue weighted by Gasteiger charge is 2.18. The summed E-state index contributed by atoms with van der Waals surface area (Å²) in [4.78, 5) is 8.88. The van der Waals surface area contributed by atoms with Gasteiger partial charge in [-0.05, 0) is 36.4 Å². The molecule has 0 radical (unpaired) electrons. The van der Waals surface area contributed by atoms with Gasteiger partial charge in [0.2, 0.25) is 5.75 Å². The lowest BCUT2D eigenvalue weighted by Crippen LogP contribution is -2.08.